The second-order valence-corrected chi connectivity index (χ2v) is 7.06. The number of aliphatic hydroxyl groups is 1. The molecule has 3 rings (SSSR count). The molecule has 0 saturated heterocycles. The highest BCUT2D eigenvalue weighted by atomic mass is 16.3. The number of aliphatic hydroxyl groups excluding tert-OH is 1. The normalized spacial score (nSPS) is 15.4. The van der Waals surface area contributed by atoms with Crippen LogP contribution in [0.25, 0.3) is 0 Å². The Bertz CT molecular complexity index is 705. The monoisotopic (exact) mass is 341 g/mol. The smallest absolute Gasteiger partial charge is 0.255 e. The SMILES string of the molecule is CC(C)n1ncc(C(=O)NC(CCCO)c2ccccc2)c1C1CC1. The van der Waals surface area contributed by atoms with Crippen LogP contribution in [0.15, 0.2) is 36.5 Å². The van der Waals surface area contributed by atoms with Gasteiger partial charge < -0.3 is 10.4 Å². The van der Waals surface area contributed by atoms with Crippen molar-refractivity contribution in [3.63, 3.8) is 0 Å². The van der Waals surface area contributed by atoms with Gasteiger partial charge >= 0.3 is 0 Å². The number of hydrogen-bond acceptors (Lipinski definition) is 3. The number of aromatic nitrogens is 2. The highest BCUT2D eigenvalue weighted by molar-refractivity contribution is 5.95. The van der Waals surface area contributed by atoms with Crippen molar-refractivity contribution in [2.45, 2.75) is 57.5 Å². The van der Waals surface area contributed by atoms with Gasteiger partial charge in [-0.15, -0.1) is 0 Å². The van der Waals surface area contributed by atoms with Gasteiger partial charge in [0.25, 0.3) is 5.91 Å². The van der Waals surface area contributed by atoms with Gasteiger partial charge in [0.15, 0.2) is 0 Å². The van der Waals surface area contributed by atoms with Crippen molar-refractivity contribution in [3.05, 3.63) is 53.3 Å². The van der Waals surface area contributed by atoms with E-state index in [4.69, 9.17) is 0 Å². The number of benzene rings is 1. The summed E-state index contributed by atoms with van der Waals surface area (Å²) in [5, 5.41) is 16.8. The van der Waals surface area contributed by atoms with E-state index in [-0.39, 0.29) is 24.6 Å². The van der Waals surface area contributed by atoms with Gasteiger partial charge in [-0.25, -0.2) is 0 Å². The second-order valence-electron chi connectivity index (χ2n) is 7.06. The summed E-state index contributed by atoms with van der Waals surface area (Å²) in [7, 11) is 0. The largest absolute Gasteiger partial charge is 0.396 e. The van der Waals surface area contributed by atoms with E-state index in [1.54, 1.807) is 6.20 Å². The Hall–Kier alpha value is -2.14. The van der Waals surface area contributed by atoms with Crippen molar-refractivity contribution in [3.8, 4) is 0 Å². The predicted molar refractivity (Wildman–Crippen MR) is 97.6 cm³/mol. The molecule has 1 heterocycles. The molecule has 2 N–H and O–H groups in total. The lowest BCUT2D eigenvalue weighted by Crippen LogP contribution is -2.29. The Balaban J connectivity index is 1.82. The Kier molecular flexibility index (Phi) is 5.53. The van der Waals surface area contributed by atoms with E-state index in [1.165, 1.54) is 0 Å². The molecule has 1 aliphatic rings. The minimum atomic E-state index is -0.102. The molecule has 0 bridgehead atoms. The number of nitrogens with zero attached hydrogens (tertiary/aromatic N) is 2. The minimum absolute atomic E-state index is 0.0689. The minimum Gasteiger partial charge on any atom is -0.396 e. The molecule has 1 aliphatic carbocycles. The molecule has 1 aromatic heterocycles. The van der Waals surface area contributed by atoms with Crippen LogP contribution >= 0.6 is 0 Å². The Morgan fingerprint density at radius 2 is 2.04 bits per heavy atom. The number of carbonyl (C=O) groups is 1. The highest BCUT2D eigenvalue weighted by Crippen LogP contribution is 2.42. The van der Waals surface area contributed by atoms with Crippen molar-refractivity contribution >= 4 is 5.91 Å². The van der Waals surface area contributed by atoms with E-state index in [1.807, 2.05) is 35.0 Å². The van der Waals surface area contributed by atoms with Crippen LogP contribution in [-0.2, 0) is 0 Å². The second kappa shape index (κ2) is 7.83. The van der Waals surface area contributed by atoms with Gasteiger partial charge in [-0.1, -0.05) is 30.3 Å². The fourth-order valence-corrected chi connectivity index (χ4v) is 3.26. The third-order valence-electron chi connectivity index (χ3n) is 4.69. The molecule has 1 aromatic carbocycles. The van der Waals surface area contributed by atoms with Gasteiger partial charge in [-0.3, -0.25) is 9.48 Å². The first-order valence-corrected chi connectivity index (χ1v) is 9.16. The molecule has 1 unspecified atom stereocenters. The first-order valence-electron chi connectivity index (χ1n) is 9.16. The van der Waals surface area contributed by atoms with Crippen LogP contribution < -0.4 is 5.32 Å². The lowest BCUT2D eigenvalue weighted by atomic mass is 10.0. The third-order valence-corrected chi connectivity index (χ3v) is 4.69. The summed E-state index contributed by atoms with van der Waals surface area (Å²) in [6, 6.07) is 10.1. The fraction of sp³-hybridized carbons (Fsp3) is 0.500. The van der Waals surface area contributed by atoms with Crippen molar-refractivity contribution in [1.82, 2.24) is 15.1 Å². The zero-order valence-electron chi connectivity index (χ0n) is 15.0. The lowest BCUT2D eigenvalue weighted by molar-refractivity contribution is 0.0931. The van der Waals surface area contributed by atoms with Crippen LogP contribution in [-0.4, -0.2) is 27.4 Å². The number of carbonyl (C=O) groups excluding carboxylic acids is 1. The highest BCUT2D eigenvalue weighted by Gasteiger charge is 2.33. The zero-order chi connectivity index (χ0) is 17.8. The van der Waals surface area contributed by atoms with E-state index in [0.29, 0.717) is 24.3 Å². The van der Waals surface area contributed by atoms with E-state index >= 15 is 0 Å². The first-order chi connectivity index (χ1) is 12.1. The average Bonchev–Trinajstić information content (AvgIpc) is 3.36. The summed E-state index contributed by atoms with van der Waals surface area (Å²) in [6.45, 7) is 4.31. The summed E-state index contributed by atoms with van der Waals surface area (Å²) in [5.74, 6) is 0.388. The van der Waals surface area contributed by atoms with Gasteiger partial charge in [-0.05, 0) is 45.1 Å². The molecule has 25 heavy (non-hydrogen) atoms. The molecule has 1 atom stereocenters. The zero-order valence-corrected chi connectivity index (χ0v) is 15.0. The van der Waals surface area contributed by atoms with Crippen LogP contribution in [0.5, 0.6) is 0 Å². The topological polar surface area (TPSA) is 67.2 Å². The third kappa shape index (κ3) is 4.10. The van der Waals surface area contributed by atoms with Gasteiger partial charge in [0.1, 0.15) is 0 Å². The van der Waals surface area contributed by atoms with Gasteiger partial charge in [-0.2, -0.15) is 5.10 Å². The quantitative estimate of drug-likeness (QED) is 0.771. The van der Waals surface area contributed by atoms with E-state index in [2.05, 4.69) is 24.3 Å². The van der Waals surface area contributed by atoms with Crippen LogP contribution in [0.2, 0.25) is 0 Å². The van der Waals surface area contributed by atoms with Crippen molar-refractivity contribution < 1.29 is 9.90 Å². The summed E-state index contributed by atoms with van der Waals surface area (Å²) >= 11 is 0. The molecule has 134 valence electrons. The summed E-state index contributed by atoms with van der Waals surface area (Å²) in [5.41, 5.74) is 2.83. The molecule has 0 radical (unpaired) electrons. The van der Waals surface area contributed by atoms with Gasteiger partial charge in [0, 0.05) is 18.6 Å². The maximum atomic E-state index is 13.0. The van der Waals surface area contributed by atoms with E-state index in [0.717, 1.165) is 24.1 Å². The molecule has 0 aliphatic heterocycles. The fourth-order valence-electron chi connectivity index (χ4n) is 3.26. The summed E-state index contributed by atoms with van der Waals surface area (Å²) < 4.78 is 1.98. The van der Waals surface area contributed by atoms with Gasteiger partial charge in [0.05, 0.1) is 23.5 Å². The lowest BCUT2D eigenvalue weighted by Gasteiger charge is -2.19. The van der Waals surface area contributed by atoms with E-state index in [9.17, 15) is 9.90 Å². The molecule has 1 fully saturated rings. The first kappa shape index (κ1) is 17.7. The van der Waals surface area contributed by atoms with Gasteiger partial charge in [0.2, 0.25) is 0 Å². The van der Waals surface area contributed by atoms with Crippen molar-refractivity contribution in [2.75, 3.05) is 6.61 Å². The molecule has 0 spiro atoms. The van der Waals surface area contributed by atoms with Crippen LogP contribution in [0.3, 0.4) is 0 Å². The van der Waals surface area contributed by atoms with Crippen LogP contribution in [0, 0.1) is 0 Å². The standard InChI is InChI=1S/C20H27N3O2/c1-14(2)23-19(16-10-11-16)17(13-21-23)20(25)22-18(9-6-12-24)15-7-4-3-5-8-15/h3-5,7-8,13-14,16,18,24H,6,9-12H2,1-2H3,(H,22,25). The predicted octanol–water partition coefficient (Wildman–Crippen LogP) is 3.59. The van der Waals surface area contributed by atoms with E-state index < -0.39 is 0 Å². The van der Waals surface area contributed by atoms with Crippen LogP contribution in [0.1, 0.15) is 79.1 Å². The molecular formula is C20H27N3O2. The summed E-state index contributed by atoms with van der Waals surface area (Å²) in [6.07, 6.45) is 5.33. The molecule has 5 nitrogen and oxygen atoms in total. The number of nitrogens with one attached hydrogen (secondary N) is 1. The Morgan fingerprint density at radius 3 is 2.64 bits per heavy atom. The molecule has 5 heteroatoms. The molecular weight excluding hydrogens is 314 g/mol. The Labute approximate surface area is 149 Å². The maximum Gasteiger partial charge on any atom is 0.255 e. The molecule has 1 saturated carbocycles. The maximum absolute atomic E-state index is 13.0. The number of hydrogen-bond donors (Lipinski definition) is 2. The number of amides is 1. The van der Waals surface area contributed by atoms with Crippen molar-refractivity contribution in [2.24, 2.45) is 0 Å². The van der Waals surface area contributed by atoms with Crippen LogP contribution in [0.4, 0.5) is 0 Å². The average molecular weight is 341 g/mol. The molecule has 1 amide bonds. The van der Waals surface area contributed by atoms with Crippen molar-refractivity contribution in [1.29, 1.82) is 0 Å². The Morgan fingerprint density at radius 1 is 1.32 bits per heavy atom. The molecule has 2 aromatic rings. The summed E-state index contributed by atoms with van der Waals surface area (Å²) in [4.78, 5) is 13.0. The number of rotatable bonds is 8.